The zero-order chi connectivity index (χ0) is 61.1. The Labute approximate surface area is 495 Å². The Balaban J connectivity index is 0.000000202. The van der Waals surface area contributed by atoms with Crippen molar-refractivity contribution in [1.82, 2.24) is 38.7 Å². The molecule has 18 heteroatoms. The monoisotopic (exact) mass is 1150 g/mol. The molecule has 84 heavy (non-hydrogen) atoms. The zero-order valence-corrected chi connectivity index (χ0v) is 52.2. The molecule has 2 aromatic heterocycles. The highest BCUT2D eigenvalue weighted by atomic mass is 16.6. The van der Waals surface area contributed by atoms with Crippen LogP contribution in [-0.2, 0) is 43.5 Å². The molecule has 4 aliphatic heterocycles. The van der Waals surface area contributed by atoms with Crippen LogP contribution in [0, 0.1) is 0 Å². The van der Waals surface area contributed by atoms with Crippen LogP contribution in [0.3, 0.4) is 0 Å². The number of carbonyl (C=O) groups is 4. The van der Waals surface area contributed by atoms with Gasteiger partial charge in [0.15, 0.2) is 0 Å². The quantitative estimate of drug-likeness (QED) is 0.157. The third-order valence-electron chi connectivity index (χ3n) is 15.9. The highest BCUT2D eigenvalue weighted by Crippen LogP contribution is 2.54. The number of hydrogen-bond donors (Lipinski definition) is 1. The number of hydrogen-bond acceptors (Lipinski definition) is 11. The van der Waals surface area contributed by atoms with E-state index in [4.69, 9.17) is 14.2 Å². The number of imidazole rings is 2. The molecule has 10 rings (SSSR count). The molecule has 0 radical (unpaired) electrons. The van der Waals surface area contributed by atoms with E-state index < -0.39 is 34.4 Å². The third-order valence-corrected chi connectivity index (χ3v) is 15.9. The first-order chi connectivity index (χ1) is 39.2. The van der Waals surface area contributed by atoms with Crippen molar-refractivity contribution in [2.45, 2.75) is 157 Å². The van der Waals surface area contributed by atoms with Gasteiger partial charge in [-0.2, -0.15) is 0 Å². The number of ether oxygens (including phenoxy) is 3. The number of amides is 4. The molecular weight excluding hydrogens is 1060 g/mol. The standard InChI is InChI=1S/2C33H43N5O4/c1-31(2,3)41-29(39)36-17-15-35(16-18-36)21-23-9-12-27-26(19-23)33(7,8)25-11-10-24(37-14-13-34-22-37)20-28(25)38(27)30(40)42-32(4,5)6;1-31(2,3)27-22(20-35-15-17-36(18-16-35)30(41)42-32(4,5)6)9-12-25-28(27)33(7,8)24-11-10-23(37-14-13-34-21-37)19-26(24)38(25)29(39)40/h9-14,19-20,22H,15-18,21H2,1-8H3;9-14,19,21H,15-18,20H2,1-8H3,(H,39,40). The molecule has 0 atom stereocenters. The number of nitrogens with zero attached hydrogens (tertiary/aromatic N) is 10. The summed E-state index contributed by atoms with van der Waals surface area (Å²) in [5, 5.41) is 10.5. The Hall–Kier alpha value is -7.70. The molecule has 4 aliphatic rings. The highest BCUT2D eigenvalue weighted by molar-refractivity contribution is 6.02. The Morgan fingerprint density at radius 3 is 1.40 bits per heavy atom. The van der Waals surface area contributed by atoms with Gasteiger partial charge in [0, 0.05) is 112 Å². The summed E-state index contributed by atoms with van der Waals surface area (Å²) in [5.41, 5.74) is 9.71. The van der Waals surface area contributed by atoms with Crippen LogP contribution in [0.4, 0.5) is 41.9 Å². The van der Waals surface area contributed by atoms with E-state index in [9.17, 15) is 24.3 Å². The molecule has 4 aromatic carbocycles. The van der Waals surface area contributed by atoms with E-state index in [1.165, 1.54) is 16.0 Å². The largest absolute Gasteiger partial charge is 0.464 e. The predicted molar refractivity (Wildman–Crippen MR) is 328 cm³/mol. The predicted octanol–water partition coefficient (Wildman–Crippen LogP) is 13.3. The van der Waals surface area contributed by atoms with Gasteiger partial charge in [-0.3, -0.25) is 9.80 Å². The van der Waals surface area contributed by atoms with Crippen LogP contribution < -0.4 is 9.80 Å². The molecular formula is C66H86N10O8. The van der Waals surface area contributed by atoms with Crippen LogP contribution in [-0.4, -0.2) is 137 Å². The van der Waals surface area contributed by atoms with Gasteiger partial charge in [0.25, 0.3) is 0 Å². The molecule has 4 amide bonds. The van der Waals surface area contributed by atoms with E-state index in [2.05, 4.69) is 105 Å². The fourth-order valence-corrected chi connectivity index (χ4v) is 12.0. The highest BCUT2D eigenvalue weighted by Gasteiger charge is 2.44. The van der Waals surface area contributed by atoms with Gasteiger partial charge in [0.05, 0.1) is 35.4 Å². The van der Waals surface area contributed by atoms with Gasteiger partial charge in [-0.05, 0) is 143 Å². The van der Waals surface area contributed by atoms with Gasteiger partial charge in [-0.15, -0.1) is 0 Å². The number of carboxylic acid groups (broad SMARTS) is 1. The van der Waals surface area contributed by atoms with Crippen LogP contribution in [0.15, 0.2) is 104 Å². The number of aromatic nitrogens is 4. The Bertz CT molecular complexity index is 3400. The van der Waals surface area contributed by atoms with Crippen molar-refractivity contribution < 1.29 is 38.5 Å². The lowest BCUT2D eigenvalue weighted by Crippen LogP contribution is -2.49. The molecule has 2 fully saturated rings. The second kappa shape index (κ2) is 22.7. The maximum Gasteiger partial charge on any atom is 0.419 e. The summed E-state index contributed by atoms with van der Waals surface area (Å²) in [7, 11) is 0. The summed E-state index contributed by atoms with van der Waals surface area (Å²) in [5.74, 6) is 0. The zero-order valence-electron chi connectivity index (χ0n) is 52.2. The van der Waals surface area contributed by atoms with Crippen LogP contribution in [0.2, 0.25) is 0 Å². The van der Waals surface area contributed by atoms with Crippen LogP contribution in [0.5, 0.6) is 0 Å². The first kappa shape index (κ1) is 60.9. The van der Waals surface area contributed by atoms with Gasteiger partial charge in [0.2, 0.25) is 0 Å². The van der Waals surface area contributed by atoms with E-state index in [0.29, 0.717) is 37.6 Å². The fourth-order valence-electron chi connectivity index (χ4n) is 12.0. The molecule has 0 bridgehead atoms. The number of anilines is 4. The number of carbonyl (C=O) groups excluding carboxylic acids is 3. The van der Waals surface area contributed by atoms with Crippen molar-refractivity contribution in [3.63, 3.8) is 0 Å². The molecule has 2 saturated heterocycles. The molecule has 448 valence electrons. The van der Waals surface area contributed by atoms with Crippen molar-refractivity contribution in [3.05, 3.63) is 143 Å². The summed E-state index contributed by atoms with van der Waals surface area (Å²) in [6, 6.07) is 22.6. The Kier molecular flexibility index (Phi) is 16.5. The molecule has 0 aliphatic carbocycles. The summed E-state index contributed by atoms with van der Waals surface area (Å²) < 4.78 is 20.9. The number of piperazine rings is 2. The minimum absolute atomic E-state index is 0.241. The molecule has 18 nitrogen and oxygen atoms in total. The van der Waals surface area contributed by atoms with E-state index in [1.54, 1.807) is 39.7 Å². The minimum Gasteiger partial charge on any atom is -0.464 e. The summed E-state index contributed by atoms with van der Waals surface area (Å²) >= 11 is 0. The maximum absolute atomic E-state index is 13.8. The number of rotatable bonds is 6. The van der Waals surface area contributed by atoms with Gasteiger partial charge in [0.1, 0.15) is 16.8 Å². The van der Waals surface area contributed by atoms with Crippen LogP contribution >= 0.6 is 0 Å². The molecule has 0 spiro atoms. The number of fused-ring (bicyclic) bond motifs is 4. The van der Waals surface area contributed by atoms with Crippen LogP contribution in [0.25, 0.3) is 11.4 Å². The molecule has 0 saturated carbocycles. The van der Waals surface area contributed by atoms with Crippen molar-refractivity contribution in [3.8, 4) is 11.4 Å². The van der Waals surface area contributed by atoms with Gasteiger partial charge in [-0.1, -0.05) is 78.8 Å². The van der Waals surface area contributed by atoms with Gasteiger partial charge < -0.3 is 38.3 Å². The van der Waals surface area contributed by atoms with Crippen molar-refractivity contribution in [2.24, 2.45) is 0 Å². The Morgan fingerprint density at radius 2 is 0.952 bits per heavy atom. The second-order valence-corrected chi connectivity index (χ2v) is 27.6. The minimum atomic E-state index is -1.01. The smallest absolute Gasteiger partial charge is 0.419 e. The van der Waals surface area contributed by atoms with E-state index in [1.807, 2.05) is 114 Å². The average Bonchev–Trinajstić information content (AvgIpc) is 1.32. The molecule has 6 aromatic rings. The van der Waals surface area contributed by atoms with Crippen molar-refractivity contribution >= 4 is 47.1 Å². The normalized spacial score (nSPS) is 17.0. The first-order valence-corrected chi connectivity index (χ1v) is 29.2. The van der Waals surface area contributed by atoms with Crippen molar-refractivity contribution in [2.75, 3.05) is 62.2 Å². The molecule has 0 unspecified atom stereocenters. The molecule has 6 heterocycles. The lowest BCUT2D eigenvalue weighted by Gasteiger charge is -2.44. The third kappa shape index (κ3) is 13.0. The number of benzene rings is 4. The average molecular weight is 1150 g/mol. The summed E-state index contributed by atoms with van der Waals surface area (Å²) in [4.78, 5) is 71.5. The van der Waals surface area contributed by atoms with Crippen LogP contribution in [0.1, 0.15) is 150 Å². The second-order valence-electron chi connectivity index (χ2n) is 27.6. The summed E-state index contributed by atoms with van der Waals surface area (Å²) in [6.45, 7) is 39.3. The van der Waals surface area contributed by atoms with E-state index in [0.717, 1.165) is 89.8 Å². The fraction of sp³-hybridized carbons (Fsp3) is 0.485. The van der Waals surface area contributed by atoms with Gasteiger partial charge in [-0.25, -0.2) is 38.9 Å². The molecule has 1 N–H and O–H groups in total. The van der Waals surface area contributed by atoms with E-state index in [-0.39, 0.29) is 23.0 Å². The first-order valence-electron chi connectivity index (χ1n) is 29.2. The maximum atomic E-state index is 13.8. The van der Waals surface area contributed by atoms with E-state index >= 15 is 0 Å². The lowest BCUT2D eigenvalue weighted by atomic mass is 9.66. The van der Waals surface area contributed by atoms with Gasteiger partial charge >= 0.3 is 24.4 Å². The lowest BCUT2D eigenvalue weighted by molar-refractivity contribution is 0.0129. The summed E-state index contributed by atoms with van der Waals surface area (Å²) in [6.07, 6.45) is 8.72. The SMILES string of the molecule is CC(C)(C)OC(=O)N1CCN(Cc2ccc3c(c2)C(C)(C)c2ccc(-n4ccnc4)cc2N3C(=O)OC(C)(C)C)CC1.CC(C)(C)OC(=O)N1CCN(Cc2ccc3c(c2C(C)(C)C)C(C)(C)c2ccc(-n4ccnc4)cc2N3C(=O)O)CC1. The Morgan fingerprint density at radius 1 is 0.500 bits per heavy atom. The topological polar surface area (TPSA) is 171 Å². The van der Waals surface area contributed by atoms with Crippen molar-refractivity contribution in [1.29, 1.82) is 0 Å².